The van der Waals surface area contributed by atoms with Crippen LogP contribution in [0.1, 0.15) is 33.1 Å². The summed E-state index contributed by atoms with van der Waals surface area (Å²) < 4.78 is 0. The van der Waals surface area contributed by atoms with Gasteiger partial charge in [-0.2, -0.15) is 0 Å². The highest BCUT2D eigenvalue weighted by Crippen LogP contribution is 2.31. The maximum Gasteiger partial charge on any atom is 0.00696 e. The van der Waals surface area contributed by atoms with E-state index in [-0.39, 0.29) is 0 Å². The van der Waals surface area contributed by atoms with Crippen LogP contribution >= 0.6 is 0 Å². The van der Waals surface area contributed by atoms with E-state index < -0.39 is 0 Å². The Labute approximate surface area is 57.6 Å². The predicted octanol–water partition coefficient (Wildman–Crippen LogP) is 1.77. The topological polar surface area (TPSA) is 26.0 Å². The highest BCUT2D eigenvalue weighted by Gasteiger charge is 2.27. The van der Waals surface area contributed by atoms with Crippen molar-refractivity contribution in [3.8, 4) is 0 Å². The minimum absolute atomic E-state index is 0.505. The average molecular weight is 127 g/mol. The van der Waals surface area contributed by atoms with Crippen molar-refractivity contribution < 1.29 is 0 Å². The lowest BCUT2D eigenvalue weighted by Gasteiger charge is -2.10. The van der Waals surface area contributed by atoms with Crippen molar-refractivity contribution in [2.24, 2.45) is 17.6 Å². The standard InChI is InChI=1S/C8H17N/c1-3-7-4-6(2)5-8(7)9/h6-8H,3-5,9H2,1-2H3. The minimum atomic E-state index is 0.505. The van der Waals surface area contributed by atoms with Crippen molar-refractivity contribution in [1.82, 2.24) is 0 Å². The normalized spacial score (nSPS) is 43.7. The van der Waals surface area contributed by atoms with E-state index in [0.717, 1.165) is 11.8 Å². The molecule has 1 heteroatoms. The molecule has 9 heavy (non-hydrogen) atoms. The molecule has 1 saturated carbocycles. The molecule has 1 aliphatic rings. The third-order valence-electron chi connectivity index (χ3n) is 2.51. The molecule has 2 N–H and O–H groups in total. The summed E-state index contributed by atoms with van der Waals surface area (Å²) in [7, 11) is 0. The molecule has 0 aromatic rings. The van der Waals surface area contributed by atoms with Crippen LogP contribution in [0.25, 0.3) is 0 Å². The molecule has 0 spiro atoms. The zero-order valence-corrected chi connectivity index (χ0v) is 6.43. The van der Waals surface area contributed by atoms with Crippen LogP contribution in [-0.4, -0.2) is 6.04 Å². The van der Waals surface area contributed by atoms with Crippen molar-refractivity contribution in [3.63, 3.8) is 0 Å². The Balaban J connectivity index is 2.38. The van der Waals surface area contributed by atoms with E-state index >= 15 is 0 Å². The van der Waals surface area contributed by atoms with Crippen LogP contribution in [0.15, 0.2) is 0 Å². The maximum absolute atomic E-state index is 5.88. The molecule has 1 aliphatic carbocycles. The van der Waals surface area contributed by atoms with Crippen LogP contribution < -0.4 is 5.73 Å². The van der Waals surface area contributed by atoms with Crippen LogP contribution in [0.4, 0.5) is 0 Å². The maximum atomic E-state index is 5.88. The third kappa shape index (κ3) is 1.45. The summed E-state index contributed by atoms with van der Waals surface area (Å²) in [4.78, 5) is 0. The lowest BCUT2D eigenvalue weighted by Crippen LogP contribution is -2.23. The molecule has 0 aromatic heterocycles. The van der Waals surface area contributed by atoms with Gasteiger partial charge in [0.15, 0.2) is 0 Å². The van der Waals surface area contributed by atoms with Crippen LogP contribution in [0.5, 0.6) is 0 Å². The Hall–Kier alpha value is -0.0400. The molecule has 1 fully saturated rings. The fourth-order valence-electron chi connectivity index (χ4n) is 1.91. The largest absolute Gasteiger partial charge is 0.327 e. The van der Waals surface area contributed by atoms with Gasteiger partial charge in [0.1, 0.15) is 0 Å². The first-order valence-corrected chi connectivity index (χ1v) is 3.99. The summed E-state index contributed by atoms with van der Waals surface area (Å²) in [6.45, 7) is 4.54. The molecule has 54 valence electrons. The average Bonchev–Trinajstić information content (AvgIpc) is 2.10. The van der Waals surface area contributed by atoms with Gasteiger partial charge in [-0.3, -0.25) is 0 Å². The van der Waals surface area contributed by atoms with Crippen molar-refractivity contribution in [2.45, 2.75) is 39.2 Å². The van der Waals surface area contributed by atoms with E-state index in [1.54, 1.807) is 0 Å². The van der Waals surface area contributed by atoms with Gasteiger partial charge in [0.25, 0.3) is 0 Å². The highest BCUT2D eigenvalue weighted by molar-refractivity contribution is 4.82. The Morgan fingerprint density at radius 1 is 1.44 bits per heavy atom. The molecule has 0 amide bonds. The molecule has 3 unspecified atom stereocenters. The number of rotatable bonds is 1. The van der Waals surface area contributed by atoms with Crippen molar-refractivity contribution in [2.75, 3.05) is 0 Å². The fourth-order valence-corrected chi connectivity index (χ4v) is 1.91. The van der Waals surface area contributed by atoms with E-state index in [2.05, 4.69) is 13.8 Å². The quantitative estimate of drug-likeness (QED) is 0.570. The van der Waals surface area contributed by atoms with Gasteiger partial charge in [-0.25, -0.2) is 0 Å². The van der Waals surface area contributed by atoms with E-state index in [1.807, 2.05) is 0 Å². The Morgan fingerprint density at radius 3 is 2.33 bits per heavy atom. The van der Waals surface area contributed by atoms with Crippen LogP contribution in [0, 0.1) is 11.8 Å². The van der Waals surface area contributed by atoms with Crippen LogP contribution in [-0.2, 0) is 0 Å². The monoisotopic (exact) mass is 127 g/mol. The van der Waals surface area contributed by atoms with E-state index in [4.69, 9.17) is 5.73 Å². The molecule has 3 atom stereocenters. The third-order valence-corrected chi connectivity index (χ3v) is 2.51. The number of hydrogen-bond acceptors (Lipinski definition) is 1. The van der Waals surface area contributed by atoms with Crippen molar-refractivity contribution >= 4 is 0 Å². The van der Waals surface area contributed by atoms with Gasteiger partial charge in [0.05, 0.1) is 0 Å². The van der Waals surface area contributed by atoms with Crippen molar-refractivity contribution in [3.05, 3.63) is 0 Å². The zero-order valence-electron chi connectivity index (χ0n) is 6.43. The van der Waals surface area contributed by atoms with Gasteiger partial charge in [0.2, 0.25) is 0 Å². The number of nitrogens with two attached hydrogens (primary N) is 1. The molecule has 0 bridgehead atoms. The molecule has 1 nitrogen and oxygen atoms in total. The minimum Gasteiger partial charge on any atom is -0.327 e. The van der Waals surface area contributed by atoms with Crippen LogP contribution in [0.2, 0.25) is 0 Å². The molecule has 0 saturated heterocycles. The second-order valence-electron chi connectivity index (χ2n) is 3.41. The summed E-state index contributed by atoms with van der Waals surface area (Å²) in [6, 6.07) is 0.505. The first-order chi connectivity index (χ1) is 4.24. The van der Waals surface area contributed by atoms with E-state index in [1.165, 1.54) is 19.3 Å². The summed E-state index contributed by atoms with van der Waals surface area (Å²) in [5.41, 5.74) is 5.88. The lowest BCUT2D eigenvalue weighted by atomic mass is 10.0. The second kappa shape index (κ2) is 2.70. The summed E-state index contributed by atoms with van der Waals surface area (Å²) in [5.74, 6) is 1.70. The van der Waals surface area contributed by atoms with Crippen LogP contribution in [0.3, 0.4) is 0 Å². The second-order valence-corrected chi connectivity index (χ2v) is 3.41. The Bertz CT molecular complexity index is 90.6. The summed E-state index contributed by atoms with van der Waals surface area (Å²) >= 11 is 0. The molecule has 0 aliphatic heterocycles. The Kier molecular flexibility index (Phi) is 2.12. The van der Waals surface area contributed by atoms with Gasteiger partial charge in [-0.1, -0.05) is 20.3 Å². The van der Waals surface area contributed by atoms with E-state index in [0.29, 0.717) is 6.04 Å². The fraction of sp³-hybridized carbons (Fsp3) is 1.00. The van der Waals surface area contributed by atoms with Gasteiger partial charge in [-0.05, 0) is 24.7 Å². The SMILES string of the molecule is CCC1CC(C)CC1N. The molecule has 0 radical (unpaired) electrons. The smallest absolute Gasteiger partial charge is 0.00696 e. The van der Waals surface area contributed by atoms with Crippen molar-refractivity contribution in [1.29, 1.82) is 0 Å². The van der Waals surface area contributed by atoms with Gasteiger partial charge >= 0.3 is 0 Å². The molecular formula is C8H17N. The molecule has 0 heterocycles. The molecule has 1 rings (SSSR count). The first kappa shape index (κ1) is 7.07. The van der Waals surface area contributed by atoms with Gasteiger partial charge < -0.3 is 5.73 Å². The van der Waals surface area contributed by atoms with E-state index in [9.17, 15) is 0 Å². The lowest BCUT2D eigenvalue weighted by molar-refractivity contribution is 0.460. The summed E-state index contributed by atoms with van der Waals surface area (Å²) in [6.07, 6.45) is 3.88. The molecule has 0 aromatic carbocycles. The predicted molar refractivity (Wildman–Crippen MR) is 40.2 cm³/mol. The highest BCUT2D eigenvalue weighted by atomic mass is 14.7. The summed E-state index contributed by atoms with van der Waals surface area (Å²) in [5, 5.41) is 0. The van der Waals surface area contributed by atoms with Gasteiger partial charge in [0, 0.05) is 6.04 Å². The Morgan fingerprint density at radius 2 is 2.11 bits per heavy atom. The van der Waals surface area contributed by atoms with Gasteiger partial charge in [-0.15, -0.1) is 0 Å². The first-order valence-electron chi connectivity index (χ1n) is 3.99. The molecular weight excluding hydrogens is 110 g/mol. The zero-order chi connectivity index (χ0) is 6.85. The number of hydrogen-bond donors (Lipinski definition) is 1.